The molecule has 202 valence electrons. The summed E-state index contributed by atoms with van der Waals surface area (Å²) in [6.45, 7) is 4.56. The first kappa shape index (κ1) is 26.4. The molecule has 2 aromatic carbocycles. The summed E-state index contributed by atoms with van der Waals surface area (Å²) in [6.07, 6.45) is 4.27. The minimum atomic E-state index is -4.20. The number of rotatable bonds is 7. The van der Waals surface area contributed by atoms with Crippen LogP contribution in [-0.4, -0.2) is 52.1 Å². The number of amides is 1. The van der Waals surface area contributed by atoms with Crippen LogP contribution in [0.2, 0.25) is 0 Å². The summed E-state index contributed by atoms with van der Waals surface area (Å²) < 4.78 is 56.3. The van der Waals surface area contributed by atoms with Gasteiger partial charge in [0.15, 0.2) is 5.65 Å². The van der Waals surface area contributed by atoms with Crippen LogP contribution in [0.15, 0.2) is 66.3 Å². The number of carbonyl (C=O) groups is 1. The number of fused-ring (bicyclic) bond motifs is 1. The van der Waals surface area contributed by atoms with Gasteiger partial charge < -0.3 is 10.6 Å². The summed E-state index contributed by atoms with van der Waals surface area (Å²) in [6, 6.07) is 9.09. The summed E-state index contributed by atoms with van der Waals surface area (Å²) in [7, 11) is -4.20. The topological polar surface area (TPSA) is 136 Å². The third-order valence-corrected chi connectivity index (χ3v) is 8.06. The number of nitrogen functional groups attached to an aromatic ring is 1. The van der Waals surface area contributed by atoms with E-state index in [0.717, 1.165) is 25.0 Å². The van der Waals surface area contributed by atoms with E-state index in [2.05, 4.69) is 21.3 Å². The second-order valence-corrected chi connectivity index (χ2v) is 10.9. The Bertz CT molecular complexity index is 1670. The first-order valence-electron chi connectivity index (χ1n) is 12.1. The molecule has 4 aromatic rings. The second-order valence-electron chi connectivity index (χ2n) is 9.13. The highest BCUT2D eigenvalue weighted by Crippen LogP contribution is 2.34. The largest absolute Gasteiger partial charge is 0.383 e. The number of halogens is 2. The maximum atomic E-state index is 14.0. The van der Waals surface area contributed by atoms with Gasteiger partial charge in [-0.2, -0.15) is 5.10 Å². The highest BCUT2D eigenvalue weighted by Gasteiger charge is 2.28. The average molecular weight is 554 g/mol. The fourth-order valence-corrected chi connectivity index (χ4v) is 5.74. The molecule has 0 spiro atoms. The highest BCUT2D eigenvalue weighted by atomic mass is 32.2. The number of aromatic nitrogens is 4. The fraction of sp³-hybridized carbons (Fsp3) is 0.231. The molecule has 0 unspecified atom stereocenters. The van der Waals surface area contributed by atoms with Gasteiger partial charge >= 0.3 is 0 Å². The molecule has 1 aliphatic rings. The van der Waals surface area contributed by atoms with Crippen molar-refractivity contribution in [2.45, 2.75) is 30.3 Å². The third kappa shape index (κ3) is 5.22. The summed E-state index contributed by atoms with van der Waals surface area (Å²) >= 11 is 0. The quantitative estimate of drug-likeness (QED) is 0.336. The molecule has 1 saturated heterocycles. The number of carbonyl (C=O) groups excluding carboxylic acids is 1. The van der Waals surface area contributed by atoms with Gasteiger partial charge in [-0.3, -0.25) is 4.79 Å². The van der Waals surface area contributed by atoms with Gasteiger partial charge in [0.2, 0.25) is 15.9 Å². The molecule has 3 N–H and O–H groups in total. The van der Waals surface area contributed by atoms with E-state index in [-0.39, 0.29) is 24.3 Å². The van der Waals surface area contributed by atoms with Crippen LogP contribution in [0.1, 0.15) is 24.4 Å². The summed E-state index contributed by atoms with van der Waals surface area (Å²) in [4.78, 5) is 21.8. The van der Waals surface area contributed by atoms with Crippen LogP contribution < -0.4 is 10.5 Å². The van der Waals surface area contributed by atoms with E-state index in [1.54, 1.807) is 33.8 Å². The Labute approximate surface area is 223 Å². The number of sulfonamides is 1. The van der Waals surface area contributed by atoms with E-state index < -0.39 is 26.6 Å². The molecular weight excluding hydrogens is 528 g/mol. The maximum absolute atomic E-state index is 14.0. The number of hydrogen-bond acceptors (Lipinski definition) is 7. The molecule has 0 radical (unpaired) electrons. The standard InChI is InChI=1S/C26H25F2N7O3S/c1-2-22(36)34-11-3-4-19(14-34)35-26-23(25(29)30-15-31-26)24(33-35)17-7-5-16(6-8-17)13-32-39(37,38)21-10-9-18(27)12-20(21)28/h2,5-10,12,15,19,32H,1,3-4,11,13-14H2,(H2,29,30,31)/t19-/m1/s1. The van der Waals surface area contributed by atoms with Crippen LogP contribution in [0.5, 0.6) is 0 Å². The van der Waals surface area contributed by atoms with Crippen LogP contribution in [0, 0.1) is 11.6 Å². The predicted octanol–water partition coefficient (Wildman–Crippen LogP) is 3.18. The number of anilines is 1. The zero-order valence-corrected chi connectivity index (χ0v) is 21.5. The van der Waals surface area contributed by atoms with Gasteiger partial charge in [-0.15, -0.1) is 0 Å². The molecule has 1 fully saturated rings. The van der Waals surface area contributed by atoms with E-state index in [4.69, 9.17) is 10.8 Å². The average Bonchev–Trinajstić information content (AvgIpc) is 3.33. The lowest BCUT2D eigenvalue weighted by Crippen LogP contribution is -2.40. The van der Waals surface area contributed by atoms with Crippen molar-refractivity contribution < 1.29 is 22.0 Å². The molecule has 1 amide bonds. The first-order chi connectivity index (χ1) is 18.7. The monoisotopic (exact) mass is 553 g/mol. The maximum Gasteiger partial charge on any atom is 0.246 e. The lowest BCUT2D eigenvalue weighted by molar-refractivity contribution is -0.127. The molecule has 10 nitrogen and oxygen atoms in total. The first-order valence-corrected chi connectivity index (χ1v) is 13.6. The van der Waals surface area contributed by atoms with Gasteiger partial charge in [0.1, 0.15) is 34.4 Å². The molecule has 0 aliphatic carbocycles. The predicted molar refractivity (Wildman–Crippen MR) is 141 cm³/mol. The molecule has 39 heavy (non-hydrogen) atoms. The number of piperidine rings is 1. The van der Waals surface area contributed by atoms with E-state index in [1.807, 2.05) is 0 Å². The van der Waals surface area contributed by atoms with Crippen molar-refractivity contribution in [2.75, 3.05) is 18.8 Å². The minimum Gasteiger partial charge on any atom is -0.383 e. The summed E-state index contributed by atoms with van der Waals surface area (Å²) in [5, 5.41) is 5.40. The zero-order chi connectivity index (χ0) is 27.7. The van der Waals surface area contributed by atoms with E-state index in [1.165, 1.54) is 12.4 Å². The van der Waals surface area contributed by atoms with Gasteiger partial charge in [0.05, 0.1) is 11.4 Å². The SMILES string of the molecule is C=CC(=O)N1CCC[C@@H](n2nc(-c3ccc(CNS(=O)(=O)c4ccc(F)cc4F)cc3)c3c(N)ncnc32)C1. The molecule has 0 saturated carbocycles. The highest BCUT2D eigenvalue weighted by molar-refractivity contribution is 7.89. The number of hydrogen-bond donors (Lipinski definition) is 2. The molecule has 13 heteroatoms. The Kier molecular flexibility index (Phi) is 7.10. The Balaban J connectivity index is 1.41. The number of nitrogens with zero attached hydrogens (tertiary/aromatic N) is 5. The smallest absolute Gasteiger partial charge is 0.246 e. The van der Waals surface area contributed by atoms with Crippen molar-refractivity contribution in [1.29, 1.82) is 0 Å². The van der Waals surface area contributed by atoms with E-state index in [0.29, 0.717) is 47.0 Å². The normalized spacial score (nSPS) is 15.9. The molecular formula is C26H25F2N7O3S. The van der Waals surface area contributed by atoms with Gasteiger partial charge in [0.25, 0.3) is 0 Å². The summed E-state index contributed by atoms with van der Waals surface area (Å²) in [5.74, 6) is -1.92. The molecule has 1 atom stereocenters. The van der Waals surface area contributed by atoms with Crippen LogP contribution in [0.25, 0.3) is 22.3 Å². The Morgan fingerprint density at radius 2 is 1.95 bits per heavy atom. The van der Waals surface area contributed by atoms with Gasteiger partial charge in [-0.1, -0.05) is 30.8 Å². The van der Waals surface area contributed by atoms with Gasteiger partial charge in [-0.25, -0.2) is 36.6 Å². The third-order valence-electron chi connectivity index (χ3n) is 6.62. The number of likely N-dealkylation sites (tertiary alicyclic amines) is 1. The second kappa shape index (κ2) is 10.5. The zero-order valence-electron chi connectivity index (χ0n) is 20.7. The molecule has 2 aromatic heterocycles. The van der Waals surface area contributed by atoms with E-state index >= 15 is 0 Å². The number of nitrogens with two attached hydrogens (primary N) is 1. The molecule has 0 bridgehead atoms. The van der Waals surface area contributed by atoms with Crippen molar-refractivity contribution in [2.24, 2.45) is 0 Å². The Morgan fingerprint density at radius 3 is 2.67 bits per heavy atom. The van der Waals surface area contributed by atoms with Crippen LogP contribution in [-0.2, 0) is 21.4 Å². The van der Waals surface area contributed by atoms with Crippen LogP contribution in [0.4, 0.5) is 14.6 Å². The molecule has 3 heterocycles. The van der Waals surface area contributed by atoms with E-state index in [9.17, 15) is 22.0 Å². The lowest BCUT2D eigenvalue weighted by atomic mass is 10.1. The fourth-order valence-electron chi connectivity index (χ4n) is 4.67. The van der Waals surface area contributed by atoms with Crippen molar-refractivity contribution in [3.05, 3.63) is 78.6 Å². The number of benzene rings is 2. The van der Waals surface area contributed by atoms with Crippen molar-refractivity contribution >= 4 is 32.8 Å². The summed E-state index contributed by atoms with van der Waals surface area (Å²) in [5.41, 5.74) is 8.63. The van der Waals surface area contributed by atoms with Gasteiger partial charge in [0, 0.05) is 31.3 Å². The molecule has 1 aliphatic heterocycles. The Hall–Kier alpha value is -4.23. The number of nitrogens with one attached hydrogen (secondary N) is 1. The van der Waals surface area contributed by atoms with Crippen molar-refractivity contribution in [3.63, 3.8) is 0 Å². The van der Waals surface area contributed by atoms with Crippen LogP contribution >= 0.6 is 0 Å². The Morgan fingerprint density at radius 1 is 1.18 bits per heavy atom. The van der Waals surface area contributed by atoms with Crippen molar-refractivity contribution in [3.8, 4) is 11.3 Å². The lowest BCUT2D eigenvalue weighted by Gasteiger charge is -2.32. The van der Waals surface area contributed by atoms with Crippen molar-refractivity contribution in [1.82, 2.24) is 29.4 Å². The van der Waals surface area contributed by atoms with Crippen LogP contribution in [0.3, 0.4) is 0 Å². The minimum absolute atomic E-state index is 0.116. The van der Waals surface area contributed by atoms with Gasteiger partial charge in [-0.05, 0) is 36.6 Å². The molecule has 5 rings (SSSR count).